The quantitative estimate of drug-likeness (QED) is 0.756. The maximum Gasteiger partial charge on any atom is 0.137 e. The second-order valence-corrected chi connectivity index (χ2v) is 3.18. The van der Waals surface area contributed by atoms with Gasteiger partial charge in [-0.15, -0.1) is 0 Å². The second-order valence-electron chi connectivity index (χ2n) is 3.18. The monoisotopic (exact) mass is 188 g/mol. The van der Waals surface area contributed by atoms with Crippen LogP contribution in [0.3, 0.4) is 0 Å². The van der Waals surface area contributed by atoms with Crippen molar-refractivity contribution in [3.63, 3.8) is 0 Å². The van der Waals surface area contributed by atoms with E-state index in [0.717, 1.165) is 17.1 Å². The van der Waals surface area contributed by atoms with E-state index in [0.29, 0.717) is 5.69 Å². The van der Waals surface area contributed by atoms with Crippen LogP contribution in [0.2, 0.25) is 0 Å². The van der Waals surface area contributed by atoms with Crippen molar-refractivity contribution in [3.05, 3.63) is 41.7 Å². The van der Waals surface area contributed by atoms with Gasteiger partial charge in [0.2, 0.25) is 0 Å². The first-order valence-corrected chi connectivity index (χ1v) is 4.53. The zero-order chi connectivity index (χ0) is 9.97. The molecule has 1 heterocycles. The highest BCUT2D eigenvalue weighted by atomic mass is 16.3. The molecule has 0 spiro atoms. The van der Waals surface area contributed by atoms with Gasteiger partial charge in [0.25, 0.3) is 0 Å². The summed E-state index contributed by atoms with van der Waals surface area (Å²) in [5.41, 5.74) is 2.67. The number of hydrogen-bond acceptors (Lipinski definition) is 2. The topological polar surface area (TPSA) is 48.9 Å². The summed E-state index contributed by atoms with van der Waals surface area (Å²) >= 11 is 0. The minimum absolute atomic E-state index is 0.0187. The lowest BCUT2D eigenvalue weighted by molar-refractivity contribution is 0.276. The van der Waals surface area contributed by atoms with Crippen LogP contribution in [-0.4, -0.2) is 15.1 Å². The van der Waals surface area contributed by atoms with Gasteiger partial charge in [-0.05, 0) is 6.92 Å². The molecule has 0 aliphatic carbocycles. The third kappa shape index (κ3) is 1.54. The molecule has 0 saturated heterocycles. The fraction of sp³-hybridized carbons (Fsp3) is 0.182. The largest absolute Gasteiger partial charge is 0.390 e. The zero-order valence-corrected chi connectivity index (χ0v) is 7.99. The molecule has 0 aliphatic rings. The number of H-pyrrole nitrogens is 1. The molecule has 2 rings (SSSR count). The van der Waals surface area contributed by atoms with Gasteiger partial charge in [0.15, 0.2) is 0 Å². The van der Waals surface area contributed by atoms with Gasteiger partial charge >= 0.3 is 0 Å². The van der Waals surface area contributed by atoms with Crippen molar-refractivity contribution in [1.82, 2.24) is 9.97 Å². The average Bonchev–Trinajstić information content (AvgIpc) is 2.61. The van der Waals surface area contributed by atoms with E-state index < -0.39 is 0 Å². The number of benzene rings is 1. The highest BCUT2D eigenvalue weighted by Gasteiger charge is 2.06. The summed E-state index contributed by atoms with van der Waals surface area (Å²) in [6.45, 7) is 1.89. The van der Waals surface area contributed by atoms with Gasteiger partial charge in [0.05, 0.1) is 12.3 Å². The highest BCUT2D eigenvalue weighted by molar-refractivity contribution is 5.55. The highest BCUT2D eigenvalue weighted by Crippen LogP contribution is 2.17. The summed E-state index contributed by atoms with van der Waals surface area (Å²) in [4.78, 5) is 7.43. The Hall–Kier alpha value is -1.61. The molecule has 0 aliphatic heterocycles. The summed E-state index contributed by atoms with van der Waals surface area (Å²) in [6.07, 6.45) is 0. The van der Waals surface area contributed by atoms with E-state index in [4.69, 9.17) is 5.11 Å². The maximum absolute atomic E-state index is 9.00. The van der Waals surface area contributed by atoms with Gasteiger partial charge in [-0.1, -0.05) is 30.3 Å². The third-order valence-electron chi connectivity index (χ3n) is 2.18. The number of hydrogen-bond donors (Lipinski definition) is 2. The van der Waals surface area contributed by atoms with Crippen molar-refractivity contribution in [3.8, 4) is 11.4 Å². The predicted octanol–water partition coefficient (Wildman–Crippen LogP) is 1.88. The van der Waals surface area contributed by atoms with Crippen LogP contribution in [0.15, 0.2) is 30.3 Å². The Morgan fingerprint density at radius 2 is 2.00 bits per heavy atom. The summed E-state index contributed by atoms with van der Waals surface area (Å²) < 4.78 is 0. The minimum Gasteiger partial charge on any atom is -0.390 e. The van der Waals surface area contributed by atoms with E-state index in [1.807, 2.05) is 37.3 Å². The molecule has 0 unspecified atom stereocenters. The Morgan fingerprint density at radius 1 is 1.29 bits per heavy atom. The lowest BCUT2D eigenvalue weighted by atomic mass is 10.2. The van der Waals surface area contributed by atoms with Crippen LogP contribution in [0.25, 0.3) is 11.4 Å². The van der Waals surface area contributed by atoms with Crippen molar-refractivity contribution < 1.29 is 5.11 Å². The van der Waals surface area contributed by atoms with Crippen molar-refractivity contribution >= 4 is 0 Å². The van der Waals surface area contributed by atoms with Crippen LogP contribution in [0.5, 0.6) is 0 Å². The molecule has 1 aromatic heterocycles. The normalized spacial score (nSPS) is 10.4. The Labute approximate surface area is 82.4 Å². The van der Waals surface area contributed by atoms with Crippen molar-refractivity contribution in [2.24, 2.45) is 0 Å². The number of aromatic amines is 1. The Bertz CT molecular complexity index is 420. The summed E-state index contributed by atoms with van der Waals surface area (Å²) in [6, 6.07) is 9.86. The van der Waals surface area contributed by atoms with Gasteiger partial charge in [-0.3, -0.25) is 0 Å². The fourth-order valence-corrected chi connectivity index (χ4v) is 1.38. The van der Waals surface area contributed by atoms with Gasteiger partial charge in [-0.2, -0.15) is 0 Å². The molecule has 0 radical (unpaired) electrons. The SMILES string of the molecule is Cc1[nH]c(-c2ccccc2)nc1CO. The molecule has 0 saturated carbocycles. The molecular formula is C11H12N2O. The molecule has 3 nitrogen and oxygen atoms in total. The number of nitrogens with one attached hydrogen (secondary N) is 1. The van der Waals surface area contributed by atoms with Crippen LogP contribution < -0.4 is 0 Å². The maximum atomic E-state index is 9.00. The lowest BCUT2D eigenvalue weighted by Crippen LogP contribution is -1.85. The van der Waals surface area contributed by atoms with E-state index in [1.54, 1.807) is 0 Å². The van der Waals surface area contributed by atoms with E-state index in [1.165, 1.54) is 0 Å². The molecule has 2 aromatic rings. The van der Waals surface area contributed by atoms with Gasteiger partial charge < -0.3 is 10.1 Å². The molecule has 72 valence electrons. The smallest absolute Gasteiger partial charge is 0.137 e. The van der Waals surface area contributed by atoms with Crippen LogP contribution in [0, 0.1) is 6.92 Å². The van der Waals surface area contributed by atoms with Gasteiger partial charge in [0.1, 0.15) is 5.82 Å². The minimum atomic E-state index is -0.0187. The number of aryl methyl sites for hydroxylation is 1. The van der Waals surface area contributed by atoms with Gasteiger partial charge in [0, 0.05) is 11.3 Å². The first-order valence-electron chi connectivity index (χ1n) is 4.53. The molecule has 1 aromatic carbocycles. The van der Waals surface area contributed by atoms with Crippen LogP contribution >= 0.6 is 0 Å². The molecule has 0 atom stereocenters. The second kappa shape index (κ2) is 3.64. The number of aliphatic hydroxyl groups excluding tert-OH is 1. The summed E-state index contributed by atoms with van der Waals surface area (Å²) in [5, 5.41) is 9.00. The van der Waals surface area contributed by atoms with Gasteiger partial charge in [-0.25, -0.2) is 4.98 Å². The number of nitrogens with zero attached hydrogens (tertiary/aromatic N) is 1. The molecule has 3 heteroatoms. The fourth-order valence-electron chi connectivity index (χ4n) is 1.38. The number of imidazole rings is 1. The van der Waals surface area contributed by atoms with E-state index >= 15 is 0 Å². The molecule has 2 N–H and O–H groups in total. The number of rotatable bonds is 2. The molecule has 0 amide bonds. The molecule has 0 bridgehead atoms. The first kappa shape index (κ1) is 8.97. The van der Waals surface area contributed by atoms with Crippen LogP contribution in [0.1, 0.15) is 11.4 Å². The Morgan fingerprint density at radius 3 is 2.57 bits per heavy atom. The number of aromatic nitrogens is 2. The first-order chi connectivity index (χ1) is 6.81. The van der Waals surface area contributed by atoms with Crippen molar-refractivity contribution in [1.29, 1.82) is 0 Å². The summed E-state index contributed by atoms with van der Waals surface area (Å²) in [7, 11) is 0. The molecule has 0 fully saturated rings. The van der Waals surface area contributed by atoms with E-state index in [9.17, 15) is 0 Å². The summed E-state index contributed by atoms with van der Waals surface area (Å²) in [5.74, 6) is 0.812. The van der Waals surface area contributed by atoms with Crippen LogP contribution in [-0.2, 0) is 6.61 Å². The average molecular weight is 188 g/mol. The van der Waals surface area contributed by atoms with Crippen molar-refractivity contribution in [2.45, 2.75) is 13.5 Å². The third-order valence-corrected chi connectivity index (χ3v) is 2.18. The standard InChI is InChI=1S/C11H12N2O/c1-8-10(7-14)13-11(12-8)9-5-3-2-4-6-9/h2-6,14H,7H2,1H3,(H,12,13). The molecule has 14 heavy (non-hydrogen) atoms. The van der Waals surface area contributed by atoms with E-state index in [2.05, 4.69) is 9.97 Å². The zero-order valence-electron chi connectivity index (χ0n) is 7.99. The van der Waals surface area contributed by atoms with Crippen molar-refractivity contribution in [2.75, 3.05) is 0 Å². The van der Waals surface area contributed by atoms with Crippen LogP contribution in [0.4, 0.5) is 0 Å². The van der Waals surface area contributed by atoms with E-state index in [-0.39, 0.29) is 6.61 Å². The lowest BCUT2D eigenvalue weighted by Gasteiger charge is -1.93. The number of aliphatic hydroxyl groups is 1. The predicted molar refractivity (Wildman–Crippen MR) is 54.7 cm³/mol. The molecular weight excluding hydrogens is 176 g/mol. The Balaban J connectivity index is 2.43. The Kier molecular flexibility index (Phi) is 2.33.